The Hall–Kier alpha value is -2.55. The van der Waals surface area contributed by atoms with Gasteiger partial charge in [-0.15, -0.1) is 24.8 Å². The van der Waals surface area contributed by atoms with Crippen LogP contribution in [0.25, 0.3) is 0 Å². The summed E-state index contributed by atoms with van der Waals surface area (Å²) in [6.45, 7) is 5.40. The van der Waals surface area contributed by atoms with Gasteiger partial charge >= 0.3 is 0 Å². The normalized spacial score (nSPS) is 15.7. The summed E-state index contributed by atoms with van der Waals surface area (Å²) in [5.41, 5.74) is 8.51. The van der Waals surface area contributed by atoms with Crippen LogP contribution in [0.1, 0.15) is 26.0 Å². The van der Waals surface area contributed by atoms with Gasteiger partial charge in [0.25, 0.3) is 5.91 Å². The lowest BCUT2D eigenvalue weighted by Crippen LogP contribution is -2.41. The number of aromatic nitrogens is 1. The molecule has 1 aromatic heterocycles. The number of nitrogens with one attached hydrogen (secondary N) is 2. The van der Waals surface area contributed by atoms with E-state index in [4.69, 9.17) is 10.5 Å². The molecule has 0 aliphatic carbocycles. The van der Waals surface area contributed by atoms with Crippen molar-refractivity contribution in [2.24, 2.45) is 5.73 Å². The summed E-state index contributed by atoms with van der Waals surface area (Å²) in [6.07, 6.45) is 0.0691. The molecule has 10 heteroatoms. The third-order valence-electron chi connectivity index (χ3n) is 4.70. The molecule has 8 nitrogen and oxygen atoms in total. The Morgan fingerprint density at radius 3 is 2.63 bits per heavy atom. The number of hydrogen-bond donors (Lipinski definition) is 3. The Labute approximate surface area is 188 Å². The van der Waals surface area contributed by atoms with E-state index in [9.17, 15) is 9.59 Å². The minimum Gasteiger partial charge on any atom is -0.479 e. The third-order valence-corrected chi connectivity index (χ3v) is 4.70. The molecule has 0 saturated heterocycles. The Morgan fingerprint density at radius 2 is 2.00 bits per heavy atom. The predicted molar refractivity (Wildman–Crippen MR) is 124 cm³/mol. The van der Waals surface area contributed by atoms with E-state index < -0.39 is 12.1 Å². The van der Waals surface area contributed by atoms with E-state index in [0.29, 0.717) is 35.1 Å². The highest BCUT2D eigenvalue weighted by Crippen LogP contribution is 2.36. The molecule has 30 heavy (non-hydrogen) atoms. The topological polar surface area (TPSA) is 110 Å². The fourth-order valence-corrected chi connectivity index (χ4v) is 2.91. The molecule has 2 aromatic rings. The largest absolute Gasteiger partial charge is 0.479 e. The molecular formula is C20H27Cl2N5O3. The maximum absolute atomic E-state index is 12.1. The molecule has 2 atom stereocenters. The molecule has 4 N–H and O–H groups in total. The van der Waals surface area contributed by atoms with Gasteiger partial charge in [0.05, 0.1) is 23.1 Å². The van der Waals surface area contributed by atoms with Crippen molar-refractivity contribution in [3.05, 3.63) is 36.0 Å². The van der Waals surface area contributed by atoms with Crippen molar-refractivity contribution in [1.29, 1.82) is 0 Å². The minimum absolute atomic E-state index is 0. The van der Waals surface area contributed by atoms with Crippen LogP contribution in [0.4, 0.5) is 22.9 Å². The van der Waals surface area contributed by atoms with Crippen LogP contribution in [-0.2, 0) is 9.59 Å². The molecule has 0 bridgehead atoms. The van der Waals surface area contributed by atoms with Crippen LogP contribution < -0.4 is 26.0 Å². The average Bonchev–Trinajstić information content (AvgIpc) is 2.68. The van der Waals surface area contributed by atoms with Gasteiger partial charge in [-0.05, 0) is 50.6 Å². The van der Waals surface area contributed by atoms with Gasteiger partial charge in [-0.25, -0.2) is 4.98 Å². The summed E-state index contributed by atoms with van der Waals surface area (Å²) < 4.78 is 5.63. The Bertz CT molecular complexity index is 925. The lowest BCUT2D eigenvalue weighted by molar-refractivity contribution is -0.125. The van der Waals surface area contributed by atoms with E-state index in [1.807, 2.05) is 32.0 Å². The first-order valence-corrected chi connectivity index (χ1v) is 9.19. The fraction of sp³-hybridized carbons (Fsp3) is 0.350. The number of halogens is 2. The van der Waals surface area contributed by atoms with Gasteiger partial charge in [0.2, 0.25) is 5.91 Å². The highest BCUT2D eigenvalue weighted by atomic mass is 35.5. The number of nitrogens with zero attached hydrogens (tertiary/aromatic N) is 2. The van der Waals surface area contributed by atoms with Crippen LogP contribution >= 0.6 is 24.8 Å². The quantitative estimate of drug-likeness (QED) is 0.636. The smallest absolute Gasteiger partial charge is 0.267 e. The van der Waals surface area contributed by atoms with Crippen molar-refractivity contribution in [3.63, 3.8) is 0 Å². The van der Waals surface area contributed by atoms with E-state index >= 15 is 0 Å². The van der Waals surface area contributed by atoms with Crippen molar-refractivity contribution in [2.75, 3.05) is 22.6 Å². The van der Waals surface area contributed by atoms with E-state index in [1.165, 1.54) is 0 Å². The minimum atomic E-state index is -0.544. The summed E-state index contributed by atoms with van der Waals surface area (Å²) in [5, 5.41) is 6.01. The number of fused-ring (bicyclic) bond motifs is 1. The van der Waals surface area contributed by atoms with Crippen LogP contribution in [0.3, 0.4) is 0 Å². The van der Waals surface area contributed by atoms with Crippen LogP contribution in [0, 0.1) is 6.92 Å². The number of benzene rings is 1. The number of aryl methyl sites for hydroxylation is 1. The Kier molecular flexibility index (Phi) is 8.90. The van der Waals surface area contributed by atoms with Crippen LogP contribution in [0.5, 0.6) is 5.75 Å². The monoisotopic (exact) mass is 455 g/mol. The molecule has 2 heterocycles. The first kappa shape index (κ1) is 25.5. The summed E-state index contributed by atoms with van der Waals surface area (Å²) >= 11 is 0. The number of amides is 2. The standard InChI is InChI=1S/C20H25N5O3.2ClH/c1-5-14(21)19(26)24-15-7-9-18(22-11(15)2)23-13-6-8-17-16(10-13)25(4)20(27)12(3)28-17;;/h6-10,12,14H,5,21H2,1-4H3,(H,22,23)(H,24,26);2*1H. The fourth-order valence-electron chi connectivity index (χ4n) is 2.91. The molecule has 1 aromatic carbocycles. The first-order chi connectivity index (χ1) is 13.3. The van der Waals surface area contributed by atoms with Gasteiger partial charge in [0.15, 0.2) is 6.10 Å². The number of rotatable bonds is 5. The zero-order valence-electron chi connectivity index (χ0n) is 17.3. The van der Waals surface area contributed by atoms with Crippen molar-refractivity contribution in [2.45, 2.75) is 39.3 Å². The summed E-state index contributed by atoms with van der Waals surface area (Å²) in [4.78, 5) is 30.2. The zero-order chi connectivity index (χ0) is 20.4. The number of carbonyl (C=O) groups excluding carboxylic acids is 2. The molecular weight excluding hydrogens is 429 g/mol. The van der Waals surface area contributed by atoms with E-state index in [-0.39, 0.29) is 36.6 Å². The van der Waals surface area contributed by atoms with Gasteiger partial charge in [0.1, 0.15) is 11.6 Å². The number of nitrogens with two attached hydrogens (primary N) is 1. The molecule has 1 aliphatic rings. The van der Waals surface area contributed by atoms with E-state index in [2.05, 4.69) is 15.6 Å². The van der Waals surface area contributed by atoms with E-state index in [0.717, 1.165) is 5.69 Å². The summed E-state index contributed by atoms with van der Waals surface area (Å²) in [6, 6.07) is 8.53. The van der Waals surface area contributed by atoms with Gasteiger partial charge < -0.3 is 26.0 Å². The summed E-state index contributed by atoms with van der Waals surface area (Å²) in [7, 11) is 1.73. The molecule has 3 rings (SSSR count). The second-order valence-electron chi connectivity index (χ2n) is 6.80. The lowest BCUT2D eigenvalue weighted by atomic mass is 10.2. The molecule has 0 saturated carbocycles. The average molecular weight is 456 g/mol. The molecule has 0 radical (unpaired) electrons. The number of ether oxygens (including phenoxy) is 1. The second kappa shape index (κ2) is 10.5. The Balaban J connectivity index is 0.00000225. The van der Waals surface area contributed by atoms with Crippen LogP contribution in [0.2, 0.25) is 0 Å². The Morgan fingerprint density at radius 1 is 1.30 bits per heavy atom. The maximum atomic E-state index is 12.1. The summed E-state index contributed by atoms with van der Waals surface area (Å²) in [5.74, 6) is 0.956. The molecule has 0 fully saturated rings. The lowest BCUT2D eigenvalue weighted by Gasteiger charge is -2.30. The predicted octanol–water partition coefficient (Wildman–Crippen LogP) is 3.40. The maximum Gasteiger partial charge on any atom is 0.267 e. The highest BCUT2D eigenvalue weighted by molar-refractivity contribution is 6.00. The zero-order valence-corrected chi connectivity index (χ0v) is 18.9. The molecule has 2 amide bonds. The molecule has 0 spiro atoms. The first-order valence-electron chi connectivity index (χ1n) is 9.19. The van der Waals surface area contributed by atoms with Crippen LogP contribution in [-0.4, -0.2) is 36.0 Å². The number of likely N-dealkylation sites (N-methyl/N-ethyl adjacent to an activating group) is 1. The number of hydrogen-bond acceptors (Lipinski definition) is 6. The van der Waals surface area contributed by atoms with Gasteiger partial charge in [0, 0.05) is 12.7 Å². The van der Waals surface area contributed by atoms with Crippen LogP contribution in [0.15, 0.2) is 30.3 Å². The number of pyridine rings is 1. The number of anilines is 4. The van der Waals surface area contributed by atoms with Crippen molar-refractivity contribution < 1.29 is 14.3 Å². The SMILES string of the molecule is CCC(N)C(=O)Nc1ccc(Nc2ccc3c(c2)N(C)C(=O)C(C)O3)nc1C.Cl.Cl. The van der Waals surface area contributed by atoms with Gasteiger partial charge in [-0.1, -0.05) is 6.92 Å². The molecule has 2 unspecified atom stereocenters. The van der Waals surface area contributed by atoms with Crippen molar-refractivity contribution in [1.82, 2.24) is 4.98 Å². The van der Waals surface area contributed by atoms with Crippen molar-refractivity contribution >= 4 is 59.5 Å². The third kappa shape index (κ3) is 5.33. The highest BCUT2D eigenvalue weighted by Gasteiger charge is 2.28. The van der Waals surface area contributed by atoms with Crippen molar-refractivity contribution in [3.8, 4) is 5.75 Å². The van der Waals surface area contributed by atoms with Gasteiger partial charge in [-0.3, -0.25) is 9.59 Å². The van der Waals surface area contributed by atoms with E-state index in [1.54, 1.807) is 31.0 Å². The number of carbonyl (C=O) groups is 2. The second-order valence-corrected chi connectivity index (χ2v) is 6.80. The van der Waals surface area contributed by atoms with Gasteiger partial charge in [-0.2, -0.15) is 0 Å². The molecule has 164 valence electrons. The molecule has 1 aliphatic heterocycles.